The van der Waals surface area contributed by atoms with Crippen molar-refractivity contribution in [1.82, 2.24) is 4.98 Å². The molecule has 2 aromatic carbocycles. The zero-order valence-corrected chi connectivity index (χ0v) is 32.1. The number of hydrogen-bond acceptors (Lipinski definition) is 3. The summed E-state index contributed by atoms with van der Waals surface area (Å²) in [4.78, 5) is 33.3. The summed E-state index contributed by atoms with van der Waals surface area (Å²) in [7, 11) is 0. The van der Waals surface area contributed by atoms with Crippen molar-refractivity contribution < 1.29 is 9.59 Å². The van der Waals surface area contributed by atoms with Crippen LogP contribution in [0.15, 0.2) is 137 Å². The van der Waals surface area contributed by atoms with Crippen molar-refractivity contribution in [3.8, 4) is 0 Å². The van der Waals surface area contributed by atoms with Crippen LogP contribution in [0.2, 0.25) is 0 Å². The van der Waals surface area contributed by atoms with Crippen molar-refractivity contribution in [2.24, 2.45) is 21.7 Å². The molecule has 0 aliphatic heterocycles. The highest BCUT2D eigenvalue weighted by atomic mass is 16.1. The van der Waals surface area contributed by atoms with E-state index in [4.69, 9.17) is 4.98 Å². The molecule has 0 spiro atoms. The third-order valence-corrected chi connectivity index (χ3v) is 9.37. The van der Waals surface area contributed by atoms with E-state index in [9.17, 15) is 9.59 Å². The average molecular weight is 664 g/mol. The fraction of sp³-hybridized carbons (Fsp3) is 0.340. The molecular formula is C47H53NO2. The van der Waals surface area contributed by atoms with Gasteiger partial charge in [0.25, 0.3) is 0 Å². The lowest BCUT2D eigenvalue weighted by molar-refractivity contribution is -0.114. The third kappa shape index (κ3) is 7.58. The van der Waals surface area contributed by atoms with Gasteiger partial charge in [0.1, 0.15) is 0 Å². The number of carbonyl (C=O) groups excluding carboxylic acids is 2. The molecule has 0 bridgehead atoms. The van der Waals surface area contributed by atoms with E-state index in [0.29, 0.717) is 0 Å². The quantitative estimate of drug-likeness (QED) is 0.279. The number of nitrogens with zero attached hydrogens (tertiary/aromatic N) is 1. The van der Waals surface area contributed by atoms with Crippen LogP contribution in [0.1, 0.15) is 106 Å². The van der Waals surface area contributed by atoms with Crippen LogP contribution in [0.5, 0.6) is 0 Å². The second kappa shape index (κ2) is 13.2. The summed E-state index contributed by atoms with van der Waals surface area (Å²) in [5.41, 5.74) is 9.35. The first-order valence-electron chi connectivity index (χ1n) is 17.7. The van der Waals surface area contributed by atoms with E-state index in [0.717, 1.165) is 67.1 Å². The first-order chi connectivity index (χ1) is 23.2. The van der Waals surface area contributed by atoms with Crippen LogP contribution in [-0.4, -0.2) is 16.6 Å². The predicted molar refractivity (Wildman–Crippen MR) is 209 cm³/mol. The molecule has 0 saturated carbocycles. The third-order valence-electron chi connectivity index (χ3n) is 9.37. The molecule has 3 heteroatoms. The SMILES string of the molecule is CC(C)(C)C1=CC(=C(c2ccccc2)c2cccc(C(=C3C=C(C(C)(C)C)C(=O)C(C(C)(C)C)=C3)c3ccccc3)n2)C=C(C(C)(C)C)C1=O. The lowest BCUT2D eigenvalue weighted by Crippen LogP contribution is -2.28. The van der Waals surface area contributed by atoms with Crippen LogP contribution in [0.3, 0.4) is 0 Å². The Bertz CT molecular complexity index is 1800. The molecule has 3 nitrogen and oxygen atoms in total. The van der Waals surface area contributed by atoms with E-state index in [1.54, 1.807) is 0 Å². The number of hydrogen-bond donors (Lipinski definition) is 0. The van der Waals surface area contributed by atoms with Gasteiger partial charge in [0, 0.05) is 33.4 Å². The van der Waals surface area contributed by atoms with Crippen LogP contribution in [0.25, 0.3) is 11.1 Å². The average Bonchev–Trinajstić information content (AvgIpc) is 3.01. The van der Waals surface area contributed by atoms with Gasteiger partial charge in [-0.15, -0.1) is 0 Å². The largest absolute Gasteiger partial charge is 0.289 e. The zero-order valence-electron chi connectivity index (χ0n) is 32.1. The molecule has 0 fully saturated rings. The van der Waals surface area contributed by atoms with Crippen LogP contribution in [-0.2, 0) is 9.59 Å². The molecule has 0 radical (unpaired) electrons. The summed E-state index contributed by atoms with van der Waals surface area (Å²) < 4.78 is 0. The van der Waals surface area contributed by atoms with Gasteiger partial charge in [0.15, 0.2) is 11.6 Å². The lowest BCUT2D eigenvalue weighted by Gasteiger charge is -2.32. The fourth-order valence-electron chi connectivity index (χ4n) is 6.62. The number of allylic oxidation sites excluding steroid dienone is 10. The molecule has 3 aromatic rings. The van der Waals surface area contributed by atoms with Gasteiger partial charge in [-0.05, 0) is 80.4 Å². The van der Waals surface area contributed by atoms with Crippen LogP contribution >= 0.6 is 0 Å². The molecule has 2 aliphatic carbocycles. The van der Waals surface area contributed by atoms with E-state index >= 15 is 0 Å². The van der Waals surface area contributed by atoms with E-state index in [1.807, 2.05) is 36.4 Å². The van der Waals surface area contributed by atoms with E-state index < -0.39 is 0 Å². The number of ketones is 2. The maximum Gasteiger partial charge on any atom is 0.186 e. The maximum absolute atomic E-state index is 13.9. The minimum Gasteiger partial charge on any atom is -0.289 e. The van der Waals surface area contributed by atoms with Crippen LogP contribution in [0, 0.1) is 21.7 Å². The summed E-state index contributed by atoms with van der Waals surface area (Å²) in [6, 6.07) is 26.9. The van der Waals surface area contributed by atoms with Gasteiger partial charge in [0.05, 0.1) is 11.4 Å². The first-order valence-corrected chi connectivity index (χ1v) is 17.7. The number of benzene rings is 2. The molecule has 0 unspecified atom stereocenters. The molecular weight excluding hydrogens is 611 g/mol. The molecule has 5 rings (SSSR count). The highest BCUT2D eigenvalue weighted by molar-refractivity contribution is 6.13. The van der Waals surface area contributed by atoms with Gasteiger partial charge in [0.2, 0.25) is 0 Å². The first kappa shape index (κ1) is 36.6. The summed E-state index contributed by atoms with van der Waals surface area (Å²) in [5.74, 6) is 0.211. The Hall–Kier alpha value is -4.63. The van der Waals surface area contributed by atoms with E-state index in [1.165, 1.54) is 0 Å². The van der Waals surface area contributed by atoms with Crippen LogP contribution < -0.4 is 0 Å². The van der Waals surface area contributed by atoms with Crippen molar-refractivity contribution in [2.45, 2.75) is 83.1 Å². The minimum absolute atomic E-state index is 0.105. The maximum atomic E-state index is 13.9. The highest BCUT2D eigenvalue weighted by Crippen LogP contribution is 2.44. The highest BCUT2D eigenvalue weighted by Gasteiger charge is 2.36. The monoisotopic (exact) mass is 663 g/mol. The normalized spacial score (nSPS) is 16.1. The molecule has 0 atom stereocenters. The van der Waals surface area contributed by atoms with Crippen molar-refractivity contribution in [2.75, 3.05) is 0 Å². The zero-order chi connectivity index (χ0) is 36.8. The summed E-state index contributed by atoms with van der Waals surface area (Å²) in [6.07, 6.45) is 8.31. The number of Topliss-reactive ketones (excluding diaryl/α,β-unsaturated/α-hetero) is 2. The second-order valence-corrected chi connectivity index (χ2v) is 17.7. The Morgan fingerprint density at radius 3 is 0.940 bits per heavy atom. The Morgan fingerprint density at radius 2 is 0.680 bits per heavy atom. The topological polar surface area (TPSA) is 47.0 Å². The Morgan fingerprint density at radius 1 is 0.400 bits per heavy atom. The Labute approximate surface area is 300 Å². The summed E-state index contributed by atoms with van der Waals surface area (Å²) >= 11 is 0. The van der Waals surface area contributed by atoms with Crippen molar-refractivity contribution in [1.29, 1.82) is 0 Å². The molecule has 2 aliphatic rings. The van der Waals surface area contributed by atoms with Gasteiger partial charge in [-0.3, -0.25) is 9.59 Å². The molecule has 0 N–H and O–H groups in total. The standard InChI is InChI=1S/C47H53NO2/c1-44(2,3)34-26-32(27-35(42(34)49)45(4,5)6)40(30-20-15-13-16-21-30)38-24-19-25-39(48-38)41(31-22-17-14-18-23-31)33-28-36(46(7,8)9)43(50)37(29-33)47(10,11)12/h13-29H,1-12H3. The van der Waals surface area contributed by atoms with Gasteiger partial charge < -0.3 is 0 Å². The van der Waals surface area contributed by atoms with Gasteiger partial charge in [-0.25, -0.2) is 4.98 Å². The van der Waals surface area contributed by atoms with E-state index in [2.05, 4.69) is 150 Å². The molecule has 0 saturated heterocycles. The smallest absolute Gasteiger partial charge is 0.186 e. The Balaban J connectivity index is 1.89. The summed E-state index contributed by atoms with van der Waals surface area (Å²) in [6.45, 7) is 25.2. The predicted octanol–water partition coefficient (Wildman–Crippen LogP) is 11.7. The Kier molecular flexibility index (Phi) is 9.71. The molecule has 258 valence electrons. The molecule has 0 amide bonds. The molecule has 1 aromatic heterocycles. The second-order valence-electron chi connectivity index (χ2n) is 17.7. The van der Waals surface area contributed by atoms with Crippen molar-refractivity contribution >= 4 is 22.7 Å². The van der Waals surface area contributed by atoms with Gasteiger partial charge in [-0.2, -0.15) is 0 Å². The lowest BCUT2D eigenvalue weighted by atomic mass is 9.71. The molecule has 1 heterocycles. The van der Waals surface area contributed by atoms with Gasteiger partial charge >= 0.3 is 0 Å². The van der Waals surface area contributed by atoms with Crippen molar-refractivity contribution in [3.05, 3.63) is 159 Å². The molecule has 50 heavy (non-hydrogen) atoms. The summed E-state index contributed by atoms with van der Waals surface area (Å²) in [5, 5.41) is 0. The number of carbonyl (C=O) groups is 2. The minimum atomic E-state index is -0.346. The van der Waals surface area contributed by atoms with Crippen molar-refractivity contribution in [3.63, 3.8) is 0 Å². The fourth-order valence-corrected chi connectivity index (χ4v) is 6.62. The van der Waals surface area contributed by atoms with Gasteiger partial charge in [-0.1, -0.05) is 150 Å². The van der Waals surface area contributed by atoms with E-state index in [-0.39, 0.29) is 33.2 Å². The number of aromatic nitrogens is 1. The van der Waals surface area contributed by atoms with Crippen LogP contribution in [0.4, 0.5) is 0 Å². The number of rotatable bonds is 4. The number of pyridine rings is 1.